The van der Waals surface area contributed by atoms with Gasteiger partial charge in [0.1, 0.15) is 11.6 Å². The smallest absolute Gasteiger partial charge is 0.184 e. The van der Waals surface area contributed by atoms with Crippen LogP contribution in [0.1, 0.15) is 10.7 Å². The quantitative estimate of drug-likeness (QED) is 0.774. The normalized spacial score (nSPS) is 11.1. The minimum atomic E-state index is -0.699. The van der Waals surface area contributed by atoms with Crippen LogP contribution in [0.25, 0.3) is 22.1 Å². The average molecular weight is 321 g/mol. The number of rotatable bonds is 4. The first kappa shape index (κ1) is 14.7. The van der Waals surface area contributed by atoms with Gasteiger partial charge in [0.15, 0.2) is 11.6 Å². The lowest BCUT2D eigenvalue weighted by Gasteiger charge is -1.97. The zero-order chi connectivity index (χ0) is 15.7. The molecule has 22 heavy (non-hydrogen) atoms. The van der Waals surface area contributed by atoms with Crippen LogP contribution in [-0.4, -0.2) is 26.7 Å². The van der Waals surface area contributed by atoms with Gasteiger partial charge in [0.2, 0.25) is 0 Å². The minimum absolute atomic E-state index is 0.147. The zero-order valence-corrected chi connectivity index (χ0v) is 12.5. The van der Waals surface area contributed by atoms with Gasteiger partial charge in [0, 0.05) is 12.5 Å². The van der Waals surface area contributed by atoms with Gasteiger partial charge in [-0.15, -0.1) is 11.3 Å². The van der Waals surface area contributed by atoms with Crippen molar-refractivity contribution < 1.29 is 8.78 Å². The molecule has 3 rings (SSSR count). The van der Waals surface area contributed by atoms with E-state index in [2.05, 4.69) is 20.2 Å². The predicted octanol–water partition coefficient (Wildman–Crippen LogP) is 2.68. The maximum absolute atomic E-state index is 13.8. The molecule has 2 aromatic heterocycles. The zero-order valence-electron chi connectivity index (χ0n) is 11.7. The maximum atomic E-state index is 13.8. The fourth-order valence-corrected chi connectivity index (χ4v) is 3.08. The van der Waals surface area contributed by atoms with Crippen molar-refractivity contribution in [2.24, 2.45) is 5.73 Å². The molecule has 0 bridgehead atoms. The molecule has 0 aliphatic rings. The molecule has 5 nitrogen and oxygen atoms in total. The molecule has 2 heterocycles. The highest BCUT2D eigenvalue weighted by atomic mass is 32.1. The second-order valence-corrected chi connectivity index (χ2v) is 5.78. The number of nitrogens with two attached hydrogens (primary N) is 1. The lowest BCUT2D eigenvalue weighted by atomic mass is 10.2. The molecule has 0 saturated carbocycles. The lowest BCUT2D eigenvalue weighted by molar-refractivity contribution is 0.585. The summed E-state index contributed by atoms with van der Waals surface area (Å²) in [6, 6.07) is 3.30. The largest absolute Gasteiger partial charge is 0.330 e. The summed E-state index contributed by atoms with van der Waals surface area (Å²) in [7, 11) is 0. The highest BCUT2D eigenvalue weighted by molar-refractivity contribution is 7.15. The fraction of sp³-hybridized carbons (Fsp3) is 0.214. The topological polar surface area (TPSA) is 80.5 Å². The van der Waals surface area contributed by atoms with Crippen LogP contribution in [0.4, 0.5) is 8.78 Å². The van der Waals surface area contributed by atoms with E-state index < -0.39 is 11.6 Å². The van der Waals surface area contributed by atoms with Crippen molar-refractivity contribution in [3.63, 3.8) is 0 Å². The van der Waals surface area contributed by atoms with Crippen molar-refractivity contribution in [2.75, 3.05) is 6.54 Å². The van der Waals surface area contributed by atoms with Gasteiger partial charge in [0.05, 0.1) is 21.1 Å². The number of aryl methyl sites for hydroxylation is 1. The highest BCUT2D eigenvalue weighted by Gasteiger charge is 2.16. The van der Waals surface area contributed by atoms with Crippen molar-refractivity contribution in [3.8, 4) is 22.1 Å². The van der Waals surface area contributed by atoms with Crippen LogP contribution in [0.5, 0.6) is 0 Å². The molecule has 0 fully saturated rings. The molecule has 0 spiro atoms. The first-order valence-electron chi connectivity index (χ1n) is 6.63. The SMILES string of the molecule is Cc1nc(CCN)sc1-c1nc(-c2ccc(F)cc2F)n[nH]1. The molecule has 114 valence electrons. The van der Waals surface area contributed by atoms with E-state index in [9.17, 15) is 8.78 Å². The first-order valence-corrected chi connectivity index (χ1v) is 7.44. The van der Waals surface area contributed by atoms with E-state index in [4.69, 9.17) is 5.73 Å². The van der Waals surface area contributed by atoms with E-state index in [-0.39, 0.29) is 11.4 Å². The van der Waals surface area contributed by atoms with E-state index in [1.165, 1.54) is 23.5 Å². The summed E-state index contributed by atoms with van der Waals surface area (Å²) in [5.41, 5.74) is 6.49. The summed E-state index contributed by atoms with van der Waals surface area (Å²) < 4.78 is 26.7. The number of H-pyrrole nitrogens is 1. The molecular formula is C14H13F2N5S. The molecule has 0 amide bonds. The molecule has 0 unspecified atom stereocenters. The Morgan fingerprint density at radius 2 is 2.09 bits per heavy atom. The van der Waals surface area contributed by atoms with Gasteiger partial charge in [-0.25, -0.2) is 18.7 Å². The number of thiazole rings is 1. The maximum Gasteiger partial charge on any atom is 0.184 e. The molecule has 0 aliphatic carbocycles. The summed E-state index contributed by atoms with van der Waals surface area (Å²) in [4.78, 5) is 9.54. The Hall–Kier alpha value is -2.19. The number of nitrogens with one attached hydrogen (secondary N) is 1. The number of benzene rings is 1. The monoisotopic (exact) mass is 321 g/mol. The van der Waals surface area contributed by atoms with E-state index >= 15 is 0 Å². The Morgan fingerprint density at radius 1 is 1.27 bits per heavy atom. The number of aromatic nitrogens is 4. The molecule has 8 heteroatoms. The van der Waals surface area contributed by atoms with Crippen LogP contribution in [0, 0.1) is 18.6 Å². The third kappa shape index (κ3) is 2.75. The molecule has 3 N–H and O–H groups in total. The van der Waals surface area contributed by atoms with Crippen LogP contribution in [-0.2, 0) is 6.42 Å². The van der Waals surface area contributed by atoms with Crippen LogP contribution in [0.3, 0.4) is 0 Å². The van der Waals surface area contributed by atoms with Crippen molar-refractivity contribution in [1.29, 1.82) is 0 Å². The van der Waals surface area contributed by atoms with Gasteiger partial charge >= 0.3 is 0 Å². The number of nitrogens with zero attached hydrogens (tertiary/aromatic N) is 3. The molecule has 0 radical (unpaired) electrons. The summed E-state index contributed by atoms with van der Waals surface area (Å²) in [5, 5.41) is 7.70. The Morgan fingerprint density at radius 3 is 2.82 bits per heavy atom. The van der Waals surface area contributed by atoms with Gasteiger partial charge in [-0.1, -0.05) is 0 Å². The molecule has 0 aliphatic heterocycles. The lowest BCUT2D eigenvalue weighted by Crippen LogP contribution is -2.01. The Balaban J connectivity index is 1.97. The van der Waals surface area contributed by atoms with Crippen LogP contribution < -0.4 is 5.73 Å². The third-order valence-corrected chi connectivity index (χ3v) is 4.30. The summed E-state index contributed by atoms with van der Waals surface area (Å²) in [5.74, 6) is -0.644. The Bertz CT molecular complexity index is 811. The van der Waals surface area contributed by atoms with Crippen molar-refractivity contribution in [2.45, 2.75) is 13.3 Å². The van der Waals surface area contributed by atoms with Crippen molar-refractivity contribution in [1.82, 2.24) is 20.2 Å². The highest BCUT2D eigenvalue weighted by Crippen LogP contribution is 2.29. The fourth-order valence-electron chi connectivity index (χ4n) is 2.06. The standard InChI is InChI=1S/C14H13F2N5S/c1-7-12(22-11(18-7)4-5-17)14-19-13(20-21-14)9-3-2-8(15)6-10(9)16/h2-3,6H,4-5,17H2,1H3,(H,19,20,21). The molecule has 3 aromatic rings. The third-order valence-electron chi connectivity index (χ3n) is 3.07. The van der Waals surface area contributed by atoms with E-state index in [0.29, 0.717) is 18.8 Å². The summed E-state index contributed by atoms with van der Waals surface area (Å²) in [6.45, 7) is 2.39. The van der Waals surface area contributed by atoms with Crippen LogP contribution >= 0.6 is 11.3 Å². The molecule has 0 saturated heterocycles. The second-order valence-electron chi connectivity index (χ2n) is 4.69. The van der Waals surface area contributed by atoms with Gasteiger partial charge < -0.3 is 5.73 Å². The van der Waals surface area contributed by atoms with Gasteiger partial charge in [-0.2, -0.15) is 5.10 Å². The van der Waals surface area contributed by atoms with Gasteiger partial charge in [0.25, 0.3) is 0 Å². The van der Waals surface area contributed by atoms with Crippen molar-refractivity contribution >= 4 is 11.3 Å². The minimum Gasteiger partial charge on any atom is -0.330 e. The van der Waals surface area contributed by atoms with Gasteiger partial charge in [-0.05, 0) is 25.6 Å². The number of halogens is 2. The number of hydrogen-bond donors (Lipinski definition) is 2. The average Bonchev–Trinajstić information content (AvgIpc) is 3.06. The summed E-state index contributed by atoms with van der Waals surface area (Å²) >= 11 is 1.47. The number of hydrogen-bond acceptors (Lipinski definition) is 5. The number of aromatic amines is 1. The Kier molecular flexibility index (Phi) is 3.95. The summed E-state index contributed by atoms with van der Waals surface area (Å²) in [6.07, 6.45) is 0.694. The molecule has 0 atom stereocenters. The van der Waals surface area contributed by atoms with E-state index in [1.807, 2.05) is 6.92 Å². The Labute approximate surface area is 129 Å². The van der Waals surface area contributed by atoms with E-state index in [0.717, 1.165) is 21.6 Å². The van der Waals surface area contributed by atoms with Crippen molar-refractivity contribution in [3.05, 3.63) is 40.5 Å². The first-order chi connectivity index (χ1) is 10.6. The van der Waals surface area contributed by atoms with Gasteiger partial charge in [-0.3, -0.25) is 5.10 Å². The van der Waals surface area contributed by atoms with E-state index in [1.54, 1.807) is 0 Å². The molecular weight excluding hydrogens is 308 g/mol. The predicted molar refractivity (Wildman–Crippen MR) is 80.3 cm³/mol. The van der Waals surface area contributed by atoms with Crippen LogP contribution in [0.2, 0.25) is 0 Å². The second kappa shape index (κ2) is 5.90. The molecule has 1 aromatic carbocycles. The van der Waals surface area contributed by atoms with Crippen LogP contribution in [0.15, 0.2) is 18.2 Å².